The normalized spacial score (nSPS) is 19.6. The summed E-state index contributed by atoms with van der Waals surface area (Å²) in [6, 6.07) is 5.26. The number of hydrogen-bond acceptors (Lipinski definition) is 4. The lowest BCUT2D eigenvalue weighted by atomic mass is 10.2. The van der Waals surface area contributed by atoms with Crippen LogP contribution in [0.4, 0.5) is 0 Å². The number of morpholine rings is 1. The van der Waals surface area contributed by atoms with Crippen molar-refractivity contribution in [1.82, 2.24) is 10.2 Å². The van der Waals surface area contributed by atoms with Crippen molar-refractivity contribution in [3.05, 3.63) is 28.2 Å². The number of likely N-dealkylation sites (N-methyl/N-ethyl adjacent to an activating group) is 1. The Bertz CT molecular complexity index is 481. The molecule has 2 rings (SSSR count). The second-order valence-corrected chi connectivity index (χ2v) is 5.67. The summed E-state index contributed by atoms with van der Waals surface area (Å²) in [6.45, 7) is 3.01. The molecule has 1 aromatic carbocycles. The molecule has 6 heteroatoms. The number of benzene rings is 1. The fraction of sp³-hybridized carbons (Fsp3) is 0.500. The summed E-state index contributed by atoms with van der Waals surface area (Å²) in [4.78, 5) is 14.3. The minimum atomic E-state index is -0.106. The molecule has 0 radical (unpaired) electrons. The Morgan fingerprint density at radius 2 is 2.40 bits per heavy atom. The van der Waals surface area contributed by atoms with Crippen LogP contribution >= 0.6 is 15.9 Å². The first-order chi connectivity index (χ1) is 9.60. The van der Waals surface area contributed by atoms with E-state index in [4.69, 9.17) is 9.47 Å². The third kappa shape index (κ3) is 3.94. The highest BCUT2D eigenvalue weighted by Crippen LogP contribution is 2.25. The number of carbonyl (C=O) groups excluding carboxylic acids is 1. The largest absolute Gasteiger partial charge is 0.496 e. The number of nitrogens with zero attached hydrogens (tertiary/aromatic N) is 1. The van der Waals surface area contributed by atoms with Gasteiger partial charge in [0.15, 0.2) is 0 Å². The molecule has 0 saturated carbocycles. The molecule has 1 atom stereocenters. The van der Waals surface area contributed by atoms with E-state index < -0.39 is 0 Å². The summed E-state index contributed by atoms with van der Waals surface area (Å²) in [7, 11) is 3.65. The Labute approximate surface area is 127 Å². The van der Waals surface area contributed by atoms with E-state index in [2.05, 4.69) is 33.2 Å². The van der Waals surface area contributed by atoms with Crippen molar-refractivity contribution in [1.29, 1.82) is 0 Å². The molecule has 1 aliphatic rings. The summed E-state index contributed by atoms with van der Waals surface area (Å²) in [6.07, 6.45) is 0.0550. The molecule has 0 spiro atoms. The quantitative estimate of drug-likeness (QED) is 0.901. The number of carbonyl (C=O) groups is 1. The first-order valence-electron chi connectivity index (χ1n) is 6.52. The molecule has 1 saturated heterocycles. The summed E-state index contributed by atoms with van der Waals surface area (Å²) in [5, 5.41) is 2.90. The first kappa shape index (κ1) is 15.3. The van der Waals surface area contributed by atoms with E-state index in [0.717, 1.165) is 17.6 Å². The molecule has 0 bridgehead atoms. The van der Waals surface area contributed by atoms with Crippen molar-refractivity contribution in [2.24, 2.45) is 0 Å². The smallest absolute Gasteiger partial charge is 0.251 e. The van der Waals surface area contributed by atoms with E-state index in [9.17, 15) is 4.79 Å². The molecule has 1 aliphatic heterocycles. The Morgan fingerprint density at radius 3 is 3.05 bits per heavy atom. The summed E-state index contributed by atoms with van der Waals surface area (Å²) in [5.74, 6) is 0.601. The van der Waals surface area contributed by atoms with E-state index in [0.29, 0.717) is 24.5 Å². The van der Waals surface area contributed by atoms with Crippen molar-refractivity contribution in [2.45, 2.75) is 6.10 Å². The first-order valence-corrected chi connectivity index (χ1v) is 7.31. The summed E-state index contributed by atoms with van der Waals surface area (Å²) < 4.78 is 11.5. The Hall–Kier alpha value is -1.11. The number of ether oxygens (including phenoxy) is 2. The average Bonchev–Trinajstić information content (AvgIpc) is 2.44. The second kappa shape index (κ2) is 7.06. The van der Waals surface area contributed by atoms with Gasteiger partial charge in [-0.25, -0.2) is 0 Å². The number of amides is 1. The molecule has 110 valence electrons. The third-order valence-electron chi connectivity index (χ3n) is 3.25. The van der Waals surface area contributed by atoms with Gasteiger partial charge in [0.2, 0.25) is 0 Å². The molecule has 1 amide bonds. The van der Waals surface area contributed by atoms with Gasteiger partial charge in [-0.05, 0) is 41.2 Å². The molecule has 0 aromatic heterocycles. The van der Waals surface area contributed by atoms with Crippen molar-refractivity contribution in [3.8, 4) is 5.75 Å². The lowest BCUT2D eigenvalue weighted by Crippen LogP contribution is -2.45. The fourth-order valence-corrected chi connectivity index (χ4v) is 2.65. The molecule has 20 heavy (non-hydrogen) atoms. The highest BCUT2D eigenvalue weighted by atomic mass is 79.9. The van der Waals surface area contributed by atoms with Gasteiger partial charge in [0.1, 0.15) is 5.75 Å². The van der Waals surface area contributed by atoms with Crippen LogP contribution in [-0.2, 0) is 4.74 Å². The van der Waals surface area contributed by atoms with Crippen molar-refractivity contribution in [3.63, 3.8) is 0 Å². The zero-order valence-corrected chi connectivity index (χ0v) is 13.3. The van der Waals surface area contributed by atoms with E-state index in [-0.39, 0.29) is 12.0 Å². The van der Waals surface area contributed by atoms with Gasteiger partial charge in [0.25, 0.3) is 5.91 Å². The Balaban J connectivity index is 1.90. The summed E-state index contributed by atoms with van der Waals surface area (Å²) in [5.41, 5.74) is 0.599. The summed E-state index contributed by atoms with van der Waals surface area (Å²) >= 11 is 3.37. The molecule has 1 fully saturated rings. The van der Waals surface area contributed by atoms with Gasteiger partial charge in [-0.1, -0.05) is 0 Å². The van der Waals surface area contributed by atoms with E-state index >= 15 is 0 Å². The number of methoxy groups -OCH3 is 1. The van der Waals surface area contributed by atoms with Crippen LogP contribution in [0.25, 0.3) is 0 Å². The number of nitrogens with one attached hydrogen (secondary N) is 1. The Morgan fingerprint density at radius 1 is 1.60 bits per heavy atom. The van der Waals surface area contributed by atoms with Gasteiger partial charge in [-0.3, -0.25) is 4.79 Å². The predicted octanol–water partition coefficient (Wildman–Crippen LogP) is 1.52. The monoisotopic (exact) mass is 342 g/mol. The molecule has 1 unspecified atom stereocenters. The van der Waals surface area contributed by atoms with Gasteiger partial charge >= 0.3 is 0 Å². The van der Waals surface area contributed by atoms with Gasteiger partial charge in [0.05, 0.1) is 24.3 Å². The van der Waals surface area contributed by atoms with E-state index in [1.165, 1.54) is 0 Å². The lowest BCUT2D eigenvalue weighted by Gasteiger charge is -2.30. The van der Waals surface area contributed by atoms with Gasteiger partial charge in [0, 0.05) is 25.2 Å². The van der Waals surface area contributed by atoms with Crippen LogP contribution in [0.3, 0.4) is 0 Å². The Kier molecular flexibility index (Phi) is 5.39. The zero-order valence-electron chi connectivity index (χ0n) is 11.7. The number of halogens is 1. The van der Waals surface area contributed by atoms with Crippen LogP contribution in [0, 0.1) is 0 Å². The molecule has 0 aliphatic carbocycles. The van der Waals surface area contributed by atoms with E-state index in [1.54, 1.807) is 25.3 Å². The minimum absolute atomic E-state index is 0.0550. The van der Waals surface area contributed by atoms with E-state index in [1.807, 2.05) is 0 Å². The molecular formula is C14H19BrN2O3. The van der Waals surface area contributed by atoms with Crippen molar-refractivity contribution >= 4 is 21.8 Å². The van der Waals surface area contributed by atoms with Crippen LogP contribution in [0.15, 0.2) is 22.7 Å². The molecule has 1 N–H and O–H groups in total. The highest BCUT2D eigenvalue weighted by molar-refractivity contribution is 9.10. The third-order valence-corrected chi connectivity index (χ3v) is 3.87. The van der Waals surface area contributed by atoms with Gasteiger partial charge in [-0.15, -0.1) is 0 Å². The molecule has 1 heterocycles. The average molecular weight is 343 g/mol. The standard InChI is InChI=1S/C14H19BrN2O3/c1-17-5-6-20-11(9-17)8-16-14(18)10-3-4-13(19-2)12(15)7-10/h3-4,7,11H,5-6,8-9H2,1-2H3,(H,16,18). The van der Waals surface area contributed by atoms with Crippen LogP contribution in [0.2, 0.25) is 0 Å². The van der Waals surface area contributed by atoms with Crippen LogP contribution < -0.4 is 10.1 Å². The maximum Gasteiger partial charge on any atom is 0.251 e. The number of hydrogen-bond donors (Lipinski definition) is 1. The van der Waals surface area contributed by atoms with Crippen molar-refractivity contribution < 1.29 is 14.3 Å². The highest BCUT2D eigenvalue weighted by Gasteiger charge is 2.18. The van der Waals surface area contributed by atoms with Gasteiger partial charge < -0.3 is 19.7 Å². The minimum Gasteiger partial charge on any atom is -0.496 e. The molecule has 1 aromatic rings. The second-order valence-electron chi connectivity index (χ2n) is 4.81. The number of rotatable bonds is 4. The maximum absolute atomic E-state index is 12.1. The van der Waals surface area contributed by atoms with Crippen LogP contribution in [0.5, 0.6) is 5.75 Å². The van der Waals surface area contributed by atoms with Crippen LogP contribution in [-0.4, -0.2) is 57.3 Å². The van der Waals surface area contributed by atoms with Crippen LogP contribution in [0.1, 0.15) is 10.4 Å². The lowest BCUT2D eigenvalue weighted by molar-refractivity contribution is -0.0175. The SMILES string of the molecule is COc1ccc(C(=O)NCC2CN(C)CCO2)cc1Br. The molecular weight excluding hydrogens is 324 g/mol. The van der Waals surface area contributed by atoms with Crippen molar-refractivity contribution in [2.75, 3.05) is 40.4 Å². The molecule has 5 nitrogen and oxygen atoms in total. The fourth-order valence-electron chi connectivity index (χ4n) is 2.11. The topological polar surface area (TPSA) is 50.8 Å². The van der Waals surface area contributed by atoms with Gasteiger partial charge in [-0.2, -0.15) is 0 Å². The zero-order chi connectivity index (χ0) is 14.5. The maximum atomic E-state index is 12.1. The predicted molar refractivity (Wildman–Crippen MR) is 80.3 cm³/mol.